The number of hydrogen-bond donors (Lipinski definition) is 2. The number of fused-ring (bicyclic) bond motifs is 1. The number of amides is 1. The monoisotopic (exact) mass is 532 g/mol. The molecule has 0 aliphatic rings. The minimum absolute atomic E-state index is 0.0467. The number of benzene rings is 4. The maximum Gasteiger partial charge on any atom is 0.224 e. The van der Waals surface area contributed by atoms with Gasteiger partial charge in [0.05, 0.1) is 37.2 Å². The van der Waals surface area contributed by atoms with Gasteiger partial charge in [-0.3, -0.25) is 10.2 Å². The summed E-state index contributed by atoms with van der Waals surface area (Å²) < 4.78 is 9.37. The molecule has 1 aromatic heterocycles. The number of aryl methyl sites for hydroxylation is 2. The zero-order valence-corrected chi connectivity index (χ0v) is 23.4. The van der Waals surface area contributed by atoms with Crippen LogP contribution in [0.5, 0.6) is 5.75 Å². The lowest BCUT2D eigenvalue weighted by atomic mass is 10.0. The molecule has 0 saturated carbocycles. The van der Waals surface area contributed by atoms with Crippen molar-refractivity contribution in [3.63, 3.8) is 0 Å². The van der Waals surface area contributed by atoms with E-state index in [9.17, 15) is 10.2 Å². The summed E-state index contributed by atoms with van der Waals surface area (Å²) in [6, 6.07) is 32.6. The Morgan fingerprint density at radius 1 is 0.800 bits per heavy atom. The molecule has 40 heavy (non-hydrogen) atoms. The molecule has 0 fully saturated rings. The minimum atomic E-state index is -0.140. The predicted octanol–water partition coefficient (Wildman–Crippen LogP) is 5.74. The number of carbonyl (C=O) groups is 1. The van der Waals surface area contributed by atoms with Crippen molar-refractivity contribution in [2.24, 2.45) is 0 Å². The highest BCUT2D eigenvalue weighted by Crippen LogP contribution is 2.22. The number of carbonyl (C=O) groups excluding carboxylic acids is 1. The SMILES string of the molecule is COc1ccc(CC(=O)NCC(Cc2ccc(C)cc2)n2c(=N)n(Cc3ccc(C)cc3)c3ccccc32)cc1. The van der Waals surface area contributed by atoms with E-state index in [0.29, 0.717) is 25.1 Å². The lowest BCUT2D eigenvalue weighted by Gasteiger charge is -2.21. The largest absolute Gasteiger partial charge is 0.497 e. The van der Waals surface area contributed by atoms with Crippen molar-refractivity contribution in [3.8, 4) is 5.75 Å². The number of rotatable bonds is 10. The van der Waals surface area contributed by atoms with Crippen LogP contribution in [0.15, 0.2) is 97.1 Å². The van der Waals surface area contributed by atoms with Crippen LogP contribution in [0.1, 0.15) is 33.9 Å². The summed E-state index contributed by atoms with van der Waals surface area (Å²) in [6.45, 7) is 5.18. The zero-order chi connectivity index (χ0) is 28.1. The maximum absolute atomic E-state index is 13.0. The number of aromatic nitrogens is 2. The molecule has 0 saturated heterocycles. The number of hydrogen-bond acceptors (Lipinski definition) is 3. The second-order valence-corrected chi connectivity index (χ2v) is 10.4. The van der Waals surface area contributed by atoms with Gasteiger partial charge in [-0.2, -0.15) is 0 Å². The normalized spacial score (nSPS) is 11.9. The van der Waals surface area contributed by atoms with Crippen LogP contribution in [0.25, 0.3) is 11.0 Å². The zero-order valence-electron chi connectivity index (χ0n) is 23.4. The second-order valence-electron chi connectivity index (χ2n) is 10.4. The topological polar surface area (TPSA) is 72.0 Å². The third kappa shape index (κ3) is 6.18. The molecule has 1 atom stereocenters. The Kier molecular flexibility index (Phi) is 8.15. The van der Waals surface area contributed by atoms with E-state index in [1.807, 2.05) is 36.4 Å². The highest BCUT2D eigenvalue weighted by atomic mass is 16.5. The molecule has 6 nitrogen and oxygen atoms in total. The van der Waals surface area contributed by atoms with E-state index in [1.54, 1.807) is 7.11 Å². The molecule has 204 valence electrons. The number of para-hydroxylation sites is 2. The Hall–Kier alpha value is -4.58. The Labute approximate surface area is 235 Å². The molecule has 1 amide bonds. The van der Waals surface area contributed by atoms with E-state index in [4.69, 9.17) is 4.74 Å². The fourth-order valence-corrected chi connectivity index (χ4v) is 5.13. The van der Waals surface area contributed by atoms with Crippen LogP contribution in [0.2, 0.25) is 0 Å². The van der Waals surface area contributed by atoms with Crippen LogP contribution < -0.4 is 15.7 Å². The highest BCUT2D eigenvalue weighted by molar-refractivity contribution is 5.79. The first-order chi connectivity index (χ1) is 19.4. The molecule has 5 rings (SSSR count). The molecule has 1 heterocycles. The molecule has 5 aromatic rings. The third-order valence-corrected chi connectivity index (χ3v) is 7.39. The van der Waals surface area contributed by atoms with Gasteiger partial charge in [0.1, 0.15) is 5.75 Å². The van der Waals surface area contributed by atoms with E-state index in [2.05, 4.69) is 89.0 Å². The lowest BCUT2D eigenvalue weighted by Crippen LogP contribution is -2.37. The molecule has 0 spiro atoms. The highest BCUT2D eigenvalue weighted by Gasteiger charge is 2.20. The van der Waals surface area contributed by atoms with Crippen LogP contribution >= 0.6 is 0 Å². The summed E-state index contributed by atoms with van der Waals surface area (Å²) in [5, 5.41) is 12.5. The van der Waals surface area contributed by atoms with Gasteiger partial charge in [-0.15, -0.1) is 0 Å². The summed E-state index contributed by atoms with van der Waals surface area (Å²) in [5.41, 5.74) is 8.08. The molecule has 1 unspecified atom stereocenters. The van der Waals surface area contributed by atoms with Gasteiger partial charge >= 0.3 is 0 Å². The van der Waals surface area contributed by atoms with Crippen molar-refractivity contribution in [2.75, 3.05) is 13.7 Å². The van der Waals surface area contributed by atoms with Crippen molar-refractivity contribution in [2.45, 2.75) is 39.3 Å². The summed E-state index contributed by atoms with van der Waals surface area (Å²) in [7, 11) is 1.63. The van der Waals surface area contributed by atoms with E-state index >= 15 is 0 Å². The molecular formula is C34H36N4O2. The average Bonchev–Trinajstić information content (AvgIpc) is 3.24. The van der Waals surface area contributed by atoms with Gasteiger partial charge in [0.15, 0.2) is 0 Å². The molecule has 0 aliphatic carbocycles. The van der Waals surface area contributed by atoms with Crippen molar-refractivity contribution < 1.29 is 9.53 Å². The number of imidazole rings is 1. The number of ether oxygens (including phenoxy) is 1. The molecule has 0 aliphatic heterocycles. The summed E-state index contributed by atoms with van der Waals surface area (Å²) >= 11 is 0. The van der Waals surface area contributed by atoms with Gasteiger partial charge in [0.25, 0.3) is 0 Å². The quantitative estimate of drug-likeness (QED) is 0.241. The lowest BCUT2D eigenvalue weighted by molar-refractivity contribution is -0.120. The maximum atomic E-state index is 13.0. The van der Waals surface area contributed by atoms with Crippen LogP contribution in [0, 0.1) is 19.3 Å². The van der Waals surface area contributed by atoms with E-state index < -0.39 is 0 Å². The Bertz CT molecular complexity index is 1650. The standard InChI is InChI=1S/C34H36N4O2/c1-24-8-12-26(13-9-24)20-29(22-36-33(39)21-27-16-18-30(40-3)19-17-27)38-32-7-5-4-6-31(32)37(34(38)35)23-28-14-10-25(2)11-15-28/h4-19,29,35H,20-23H2,1-3H3,(H,36,39). The summed E-state index contributed by atoms with van der Waals surface area (Å²) in [6.07, 6.45) is 0.979. The Morgan fingerprint density at radius 2 is 1.38 bits per heavy atom. The third-order valence-electron chi connectivity index (χ3n) is 7.39. The molecule has 6 heteroatoms. The predicted molar refractivity (Wildman–Crippen MR) is 160 cm³/mol. The van der Waals surface area contributed by atoms with Gasteiger partial charge in [-0.05, 0) is 61.2 Å². The molecule has 0 radical (unpaired) electrons. The number of methoxy groups -OCH3 is 1. The van der Waals surface area contributed by atoms with Gasteiger partial charge in [-0.25, -0.2) is 0 Å². The minimum Gasteiger partial charge on any atom is -0.497 e. The van der Waals surface area contributed by atoms with Crippen molar-refractivity contribution in [1.82, 2.24) is 14.5 Å². The molecule has 0 bridgehead atoms. The number of nitrogens with zero attached hydrogens (tertiary/aromatic N) is 2. The Balaban J connectivity index is 1.46. The first-order valence-electron chi connectivity index (χ1n) is 13.7. The summed E-state index contributed by atoms with van der Waals surface area (Å²) in [4.78, 5) is 13.0. The van der Waals surface area contributed by atoms with E-state index in [-0.39, 0.29) is 18.4 Å². The first kappa shape index (κ1) is 27.0. The first-order valence-corrected chi connectivity index (χ1v) is 13.7. The Morgan fingerprint density at radius 3 is 2.00 bits per heavy atom. The van der Waals surface area contributed by atoms with Crippen molar-refractivity contribution in [3.05, 3.63) is 130 Å². The van der Waals surface area contributed by atoms with Gasteiger partial charge in [0.2, 0.25) is 11.5 Å². The fraction of sp³-hybridized carbons (Fsp3) is 0.235. The van der Waals surface area contributed by atoms with Crippen LogP contribution in [0.4, 0.5) is 0 Å². The van der Waals surface area contributed by atoms with Crippen LogP contribution in [0.3, 0.4) is 0 Å². The van der Waals surface area contributed by atoms with Gasteiger partial charge in [-0.1, -0.05) is 83.9 Å². The van der Waals surface area contributed by atoms with E-state index in [1.165, 1.54) is 16.7 Å². The van der Waals surface area contributed by atoms with Gasteiger partial charge < -0.3 is 19.2 Å². The molecule has 4 aromatic carbocycles. The number of nitrogens with one attached hydrogen (secondary N) is 2. The second kappa shape index (κ2) is 12.1. The van der Waals surface area contributed by atoms with Crippen LogP contribution in [-0.4, -0.2) is 28.7 Å². The van der Waals surface area contributed by atoms with Gasteiger partial charge in [0, 0.05) is 6.54 Å². The van der Waals surface area contributed by atoms with Crippen LogP contribution in [-0.2, 0) is 24.2 Å². The average molecular weight is 533 g/mol. The van der Waals surface area contributed by atoms with E-state index in [0.717, 1.165) is 27.9 Å². The van der Waals surface area contributed by atoms with Crippen molar-refractivity contribution >= 4 is 16.9 Å². The van der Waals surface area contributed by atoms with Crippen molar-refractivity contribution in [1.29, 1.82) is 5.41 Å². The summed E-state index contributed by atoms with van der Waals surface area (Å²) in [5.74, 6) is 0.721. The smallest absolute Gasteiger partial charge is 0.224 e. The molecular weight excluding hydrogens is 496 g/mol. The fourth-order valence-electron chi connectivity index (χ4n) is 5.13. The molecule has 2 N–H and O–H groups in total.